The maximum Gasteiger partial charge on any atom is 0.275 e. The summed E-state index contributed by atoms with van der Waals surface area (Å²) in [7, 11) is 0. The first kappa shape index (κ1) is 17.2. The Kier molecular flexibility index (Phi) is 4.76. The number of nitrogens with one attached hydrogen (secondary N) is 1. The van der Waals surface area contributed by atoms with Crippen LogP contribution in [0.3, 0.4) is 0 Å². The molecule has 1 aliphatic heterocycles. The van der Waals surface area contributed by atoms with Crippen LogP contribution in [0.15, 0.2) is 10.5 Å². The van der Waals surface area contributed by atoms with E-state index in [1.165, 1.54) is 19.3 Å². The minimum atomic E-state index is -0.599. The van der Waals surface area contributed by atoms with Gasteiger partial charge in [-0.1, -0.05) is 26.2 Å². The molecule has 1 amide bonds. The zero-order valence-corrected chi connectivity index (χ0v) is 15.0. The Morgan fingerprint density at radius 2 is 2.15 bits per heavy atom. The fourth-order valence-electron chi connectivity index (χ4n) is 4.03. The zero-order valence-electron chi connectivity index (χ0n) is 15.0. The Morgan fingerprint density at radius 1 is 1.35 bits per heavy atom. The summed E-state index contributed by atoms with van der Waals surface area (Å²) >= 11 is 0. The number of rotatable bonds is 4. The lowest BCUT2D eigenvalue weighted by Crippen LogP contribution is -2.32. The number of β-amino-alcohol motifs (C(OH)–C–C–N with tert-alkyl or cyclic N) is 1. The van der Waals surface area contributed by atoms with Crippen LogP contribution in [0, 0.1) is 0 Å². The minimum Gasteiger partial charge on any atom is -0.423 e. The number of hydrogen-bond donors (Lipinski definition) is 2. The second-order valence-electron chi connectivity index (χ2n) is 7.29. The molecule has 8 heteroatoms. The van der Waals surface area contributed by atoms with Gasteiger partial charge in [0.15, 0.2) is 0 Å². The van der Waals surface area contributed by atoms with Crippen molar-refractivity contribution in [3.05, 3.63) is 29.2 Å². The Labute approximate surface area is 152 Å². The Balaban J connectivity index is 1.53. The molecule has 26 heavy (non-hydrogen) atoms. The summed E-state index contributed by atoms with van der Waals surface area (Å²) in [6.07, 6.45) is 6.46. The van der Waals surface area contributed by atoms with E-state index in [2.05, 4.69) is 20.4 Å². The van der Waals surface area contributed by atoms with Crippen molar-refractivity contribution >= 4 is 5.91 Å². The molecule has 1 aliphatic carbocycles. The van der Waals surface area contributed by atoms with Gasteiger partial charge in [-0.05, 0) is 18.9 Å². The van der Waals surface area contributed by atoms with Crippen LogP contribution in [0.1, 0.15) is 85.4 Å². The summed E-state index contributed by atoms with van der Waals surface area (Å²) in [5, 5.41) is 25.4. The maximum absolute atomic E-state index is 13.0. The van der Waals surface area contributed by atoms with Crippen molar-refractivity contribution in [1.82, 2.24) is 25.3 Å². The number of aromatic nitrogens is 4. The molecule has 4 rings (SSSR count). The Morgan fingerprint density at radius 3 is 2.88 bits per heavy atom. The first-order chi connectivity index (χ1) is 12.7. The number of carbonyl (C=O) groups excluding carboxylic acids is 1. The number of aromatic amines is 1. The van der Waals surface area contributed by atoms with Crippen molar-refractivity contribution in [3.63, 3.8) is 0 Å². The van der Waals surface area contributed by atoms with Crippen LogP contribution in [0.25, 0.3) is 0 Å². The van der Waals surface area contributed by atoms with Crippen LogP contribution in [-0.2, 0) is 6.42 Å². The summed E-state index contributed by atoms with van der Waals surface area (Å²) in [6.45, 7) is 2.18. The average Bonchev–Trinajstić information content (AvgIpc) is 3.40. The lowest BCUT2D eigenvalue weighted by atomic mass is 9.87. The van der Waals surface area contributed by atoms with Gasteiger partial charge >= 0.3 is 0 Å². The number of aliphatic hydroxyl groups is 1. The van der Waals surface area contributed by atoms with Crippen molar-refractivity contribution in [2.45, 2.75) is 69.9 Å². The first-order valence-electron chi connectivity index (χ1n) is 9.52. The predicted octanol–water partition coefficient (Wildman–Crippen LogP) is 2.35. The largest absolute Gasteiger partial charge is 0.423 e. The van der Waals surface area contributed by atoms with Gasteiger partial charge in [0, 0.05) is 31.0 Å². The summed E-state index contributed by atoms with van der Waals surface area (Å²) in [4.78, 5) is 14.6. The van der Waals surface area contributed by atoms with Gasteiger partial charge in [0.25, 0.3) is 5.91 Å². The summed E-state index contributed by atoms with van der Waals surface area (Å²) in [5.74, 6) is 1.17. The van der Waals surface area contributed by atoms with Crippen LogP contribution >= 0.6 is 0 Å². The SMILES string of the molecule is CCc1nnc([C@H]2C[C@@H](O)CN2C(=O)c2cc(C3CCCCC3)[nH]n2)o1. The third-order valence-corrected chi connectivity index (χ3v) is 5.47. The highest BCUT2D eigenvalue weighted by Gasteiger charge is 2.39. The average molecular weight is 359 g/mol. The molecule has 2 aliphatic rings. The smallest absolute Gasteiger partial charge is 0.275 e. The van der Waals surface area contributed by atoms with Crippen molar-refractivity contribution < 1.29 is 14.3 Å². The molecule has 0 bridgehead atoms. The van der Waals surface area contributed by atoms with Crippen LogP contribution in [-0.4, -0.2) is 49.0 Å². The highest BCUT2D eigenvalue weighted by Crippen LogP contribution is 2.34. The highest BCUT2D eigenvalue weighted by molar-refractivity contribution is 5.93. The van der Waals surface area contributed by atoms with E-state index in [0.717, 1.165) is 18.5 Å². The Hall–Kier alpha value is -2.22. The van der Waals surface area contributed by atoms with Gasteiger partial charge in [0.1, 0.15) is 11.7 Å². The van der Waals surface area contributed by atoms with Gasteiger partial charge in [-0.15, -0.1) is 10.2 Å². The van der Waals surface area contributed by atoms with Gasteiger partial charge in [-0.2, -0.15) is 5.10 Å². The molecule has 2 fully saturated rings. The fraction of sp³-hybridized carbons (Fsp3) is 0.667. The molecule has 2 aromatic rings. The molecule has 8 nitrogen and oxygen atoms in total. The van der Waals surface area contributed by atoms with Gasteiger partial charge < -0.3 is 14.4 Å². The second kappa shape index (κ2) is 7.19. The van der Waals surface area contributed by atoms with Crippen LogP contribution in [0.2, 0.25) is 0 Å². The number of aryl methyl sites for hydroxylation is 1. The van der Waals surface area contributed by atoms with Crippen molar-refractivity contribution in [2.75, 3.05) is 6.54 Å². The number of nitrogens with zero attached hydrogens (tertiary/aromatic N) is 4. The van der Waals surface area contributed by atoms with Crippen LogP contribution in [0.4, 0.5) is 0 Å². The zero-order chi connectivity index (χ0) is 18.1. The number of likely N-dealkylation sites (tertiary alicyclic amines) is 1. The molecule has 3 heterocycles. The van der Waals surface area contributed by atoms with E-state index in [-0.39, 0.29) is 12.5 Å². The van der Waals surface area contributed by atoms with E-state index in [9.17, 15) is 9.90 Å². The molecule has 1 saturated carbocycles. The molecule has 0 radical (unpaired) electrons. The van der Waals surface area contributed by atoms with Crippen LogP contribution in [0.5, 0.6) is 0 Å². The summed E-state index contributed by atoms with van der Waals surface area (Å²) in [6, 6.07) is 1.46. The van der Waals surface area contributed by atoms with Gasteiger partial charge in [0.05, 0.1) is 6.10 Å². The van der Waals surface area contributed by atoms with E-state index in [4.69, 9.17) is 4.42 Å². The quantitative estimate of drug-likeness (QED) is 0.867. The number of H-pyrrole nitrogens is 1. The molecule has 0 spiro atoms. The standard InChI is InChI=1S/C18H25N5O3/c1-2-16-21-22-17(26-16)15-8-12(24)10-23(15)18(25)14-9-13(19-20-14)11-6-4-3-5-7-11/h9,11-12,15,24H,2-8,10H2,1H3,(H,19,20)/t12-,15-/m1/s1. The van der Waals surface area contributed by atoms with Crippen molar-refractivity contribution in [3.8, 4) is 0 Å². The van der Waals surface area contributed by atoms with Gasteiger partial charge in [-0.25, -0.2) is 0 Å². The van der Waals surface area contributed by atoms with Crippen molar-refractivity contribution in [2.24, 2.45) is 0 Å². The molecular formula is C18H25N5O3. The monoisotopic (exact) mass is 359 g/mol. The molecule has 0 unspecified atom stereocenters. The molecule has 140 valence electrons. The summed E-state index contributed by atoms with van der Waals surface area (Å²) in [5.41, 5.74) is 1.43. The van der Waals surface area contributed by atoms with E-state index in [1.54, 1.807) is 4.90 Å². The number of carbonyl (C=O) groups is 1. The van der Waals surface area contributed by atoms with E-state index in [1.807, 2.05) is 13.0 Å². The third kappa shape index (κ3) is 3.25. The minimum absolute atomic E-state index is 0.207. The highest BCUT2D eigenvalue weighted by atomic mass is 16.4. The normalized spacial score (nSPS) is 24.3. The van der Waals surface area contributed by atoms with Gasteiger partial charge in [-0.3, -0.25) is 9.89 Å². The molecule has 1 saturated heterocycles. The molecule has 2 aromatic heterocycles. The topological polar surface area (TPSA) is 108 Å². The lowest BCUT2D eigenvalue weighted by molar-refractivity contribution is 0.0691. The van der Waals surface area contributed by atoms with Crippen LogP contribution < -0.4 is 0 Å². The molecular weight excluding hydrogens is 334 g/mol. The third-order valence-electron chi connectivity index (χ3n) is 5.47. The Bertz CT molecular complexity index is 764. The molecule has 2 atom stereocenters. The number of amides is 1. The van der Waals surface area contributed by atoms with E-state index >= 15 is 0 Å². The van der Waals surface area contributed by atoms with Gasteiger partial charge in [0.2, 0.25) is 11.8 Å². The first-order valence-corrected chi connectivity index (χ1v) is 9.52. The van der Waals surface area contributed by atoms with Crippen molar-refractivity contribution in [1.29, 1.82) is 0 Å². The maximum atomic E-state index is 13.0. The van der Waals surface area contributed by atoms with E-state index in [0.29, 0.717) is 36.2 Å². The molecule has 2 N–H and O–H groups in total. The second-order valence-corrected chi connectivity index (χ2v) is 7.29. The fourth-order valence-corrected chi connectivity index (χ4v) is 4.03. The molecule has 0 aromatic carbocycles. The number of aliphatic hydroxyl groups excluding tert-OH is 1. The predicted molar refractivity (Wildman–Crippen MR) is 92.5 cm³/mol. The summed E-state index contributed by atoms with van der Waals surface area (Å²) < 4.78 is 5.63. The van der Waals surface area contributed by atoms with E-state index < -0.39 is 12.1 Å². The lowest BCUT2D eigenvalue weighted by Gasteiger charge is -2.21. The number of hydrogen-bond acceptors (Lipinski definition) is 6.